The number of nitrogens with zero attached hydrogens (tertiary/aromatic N) is 2. The third-order valence-corrected chi connectivity index (χ3v) is 7.00. The maximum absolute atomic E-state index is 12.8. The number of amides is 1. The van der Waals surface area contributed by atoms with Crippen LogP contribution >= 0.6 is 23.4 Å². The Labute approximate surface area is 166 Å². The van der Waals surface area contributed by atoms with Crippen molar-refractivity contribution in [2.75, 3.05) is 20.2 Å². The van der Waals surface area contributed by atoms with Gasteiger partial charge in [-0.15, -0.1) is 0 Å². The molecule has 1 amide bonds. The number of benzene rings is 1. The molecule has 1 saturated heterocycles. The zero-order valence-corrected chi connectivity index (χ0v) is 18.1. The fourth-order valence-corrected chi connectivity index (χ4v) is 4.23. The predicted octanol–water partition coefficient (Wildman–Crippen LogP) is 5.50. The minimum absolute atomic E-state index is 0.00391. The molecule has 144 valence electrons. The summed E-state index contributed by atoms with van der Waals surface area (Å²) in [6, 6.07) is 5.00. The van der Waals surface area contributed by atoms with Gasteiger partial charge >= 0.3 is 0 Å². The zero-order valence-electron chi connectivity index (χ0n) is 16.6. The van der Waals surface area contributed by atoms with Gasteiger partial charge in [0.2, 0.25) is 0 Å². The average Bonchev–Trinajstić information content (AvgIpc) is 2.89. The van der Waals surface area contributed by atoms with Gasteiger partial charge in [-0.1, -0.05) is 57.5 Å². The Morgan fingerprint density at radius 2 is 2.12 bits per heavy atom. The van der Waals surface area contributed by atoms with E-state index in [0.29, 0.717) is 16.3 Å². The van der Waals surface area contributed by atoms with Gasteiger partial charge in [0.15, 0.2) is 5.17 Å². The number of amidine groups is 1. The summed E-state index contributed by atoms with van der Waals surface area (Å²) in [6.45, 7) is 13.0. The van der Waals surface area contributed by atoms with Crippen molar-refractivity contribution in [1.29, 1.82) is 0 Å². The standard InChI is InChI=1S/C20H29ClN2O2S/c1-7-8-11-23-13-20(5,19(2,3)4)26-18(23)22-17(24)15-10-9-14(21)12-16(15)25-6/h9-10,12H,7-8,11,13H2,1-6H3. The van der Waals surface area contributed by atoms with E-state index >= 15 is 0 Å². The van der Waals surface area contributed by atoms with E-state index in [1.807, 2.05) is 0 Å². The lowest BCUT2D eigenvalue weighted by molar-refractivity contribution is 0.0999. The minimum Gasteiger partial charge on any atom is -0.496 e. The fraction of sp³-hybridized carbons (Fsp3) is 0.600. The van der Waals surface area contributed by atoms with E-state index in [0.717, 1.165) is 31.1 Å². The summed E-state index contributed by atoms with van der Waals surface area (Å²) in [7, 11) is 1.53. The predicted molar refractivity (Wildman–Crippen MR) is 112 cm³/mol. The smallest absolute Gasteiger partial charge is 0.283 e. The van der Waals surface area contributed by atoms with Gasteiger partial charge in [-0.3, -0.25) is 4.79 Å². The molecule has 1 heterocycles. The van der Waals surface area contributed by atoms with E-state index in [4.69, 9.17) is 16.3 Å². The number of rotatable bonds is 5. The molecule has 0 radical (unpaired) electrons. The number of unbranched alkanes of at least 4 members (excludes halogenated alkanes) is 1. The molecule has 0 saturated carbocycles. The van der Waals surface area contributed by atoms with Crippen molar-refractivity contribution < 1.29 is 9.53 Å². The van der Waals surface area contributed by atoms with E-state index < -0.39 is 0 Å². The number of ether oxygens (including phenoxy) is 1. The Morgan fingerprint density at radius 3 is 2.69 bits per heavy atom. The van der Waals surface area contributed by atoms with E-state index in [1.165, 1.54) is 7.11 Å². The van der Waals surface area contributed by atoms with Crippen LogP contribution in [0.5, 0.6) is 5.75 Å². The first-order valence-electron chi connectivity index (χ1n) is 9.02. The summed E-state index contributed by atoms with van der Waals surface area (Å²) in [5.41, 5.74) is 0.533. The molecule has 0 spiro atoms. The lowest BCUT2D eigenvalue weighted by Crippen LogP contribution is -2.40. The monoisotopic (exact) mass is 396 g/mol. The van der Waals surface area contributed by atoms with Crippen molar-refractivity contribution in [1.82, 2.24) is 4.90 Å². The van der Waals surface area contributed by atoms with Crippen molar-refractivity contribution in [3.8, 4) is 5.75 Å². The number of hydrogen-bond donors (Lipinski definition) is 0. The molecule has 1 aromatic carbocycles. The van der Waals surface area contributed by atoms with Crippen LogP contribution in [0.3, 0.4) is 0 Å². The Hall–Kier alpha value is -1.20. The number of hydrogen-bond acceptors (Lipinski definition) is 3. The number of halogens is 1. The summed E-state index contributed by atoms with van der Waals surface area (Å²) < 4.78 is 5.31. The van der Waals surface area contributed by atoms with E-state index in [2.05, 4.69) is 44.5 Å². The molecule has 0 N–H and O–H groups in total. The van der Waals surface area contributed by atoms with E-state index in [-0.39, 0.29) is 16.1 Å². The zero-order chi connectivity index (χ0) is 19.5. The van der Waals surface area contributed by atoms with Gasteiger partial charge in [0.25, 0.3) is 5.91 Å². The van der Waals surface area contributed by atoms with Gasteiger partial charge in [-0.2, -0.15) is 4.99 Å². The lowest BCUT2D eigenvalue weighted by Gasteiger charge is -2.36. The first-order chi connectivity index (χ1) is 12.1. The highest BCUT2D eigenvalue weighted by Crippen LogP contribution is 2.48. The summed E-state index contributed by atoms with van der Waals surface area (Å²) >= 11 is 7.71. The van der Waals surface area contributed by atoms with Crippen LogP contribution in [0, 0.1) is 5.41 Å². The van der Waals surface area contributed by atoms with Crippen molar-refractivity contribution in [3.63, 3.8) is 0 Å². The Balaban J connectivity index is 2.35. The normalized spacial score (nSPS) is 22.1. The van der Waals surface area contributed by atoms with Crippen molar-refractivity contribution in [2.24, 2.45) is 10.4 Å². The third kappa shape index (κ3) is 4.55. The van der Waals surface area contributed by atoms with Gasteiger partial charge in [-0.05, 0) is 37.0 Å². The second kappa shape index (κ2) is 8.22. The number of carbonyl (C=O) groups excluding carboxylic acids is 1. The number of aliphatic imine (C=N–C) groups is 1. The summed E-state index contributed by atoms with van der Waals surface area (Å²) in [6.07, 6.45) is 2.19. The van der Waals surface area contributed by atoms with Crippen LogP contribution in [0.2, 0.25) is 5.02 Å². The SMILES string of the molecule is CCCCN1CC(C)(C(C)(C)C)SC1=NC(=O)c1ccc(Cl)cc1OC. The van der Waals surface area contributed by atoms with Crippen LogP contribution in [0.1, 0.15) is 57.8 Å². The molecule has 0 aromatic heterocycles. The quantitative estimate of drug-likeness (QED) is 0.659. The van der Waals surface area contributed by atoms with Crippen LogP contribution in [0.25, 0.3) is 0 Å². The van der Waals surface area contributed by atoms with Gasteiger partial charge in [0, 0.05) is 22.9 Å². The molecule has 1 aliphatic rings. The highest BCUT2D eigenvalue weighted by Gasteiger charge is 2.47. The van der Waals surface area contributed by atoms with Gasteiger partial charge < -0.3 is 9.64 Å². The average molecular weight is 397 g/mol. The largest absolute Gasteiger partial charge is 0.496 e. The lowest BCUT2D eigenvalue weighted by atomic mass is 9.81. The molecule has 6 heteroatoms. The van der Waals surface area contributed by atoms with Crippen molar-refractivity contribution in [3.05, 3.63) is 28.8 Å². The first-order valence-corrected chi connectivity index (χ1v) is 10.2. The minimum atomic E-state index is -0.291. The number of methoxy groups -OCH3 is 1. The molecule has 0 bridgehead atoms. The summed E-state index contributed by atoms with van der Waals surface area (Å²) in [4.78, 5) is 19.5. The number of thioether (sulfide) groups is 1. The molecule has 1 atom stereocenters. The van der Waals surface area contributed by atoms with Gasteiger partial charge in [0.1, 0.15) is 5.75 Å². The molecule has 1 aliphatic heterocycles. The van der Waals surface area contributed by atoms with E-state index in [1.54, 1.807) is 30.0 Å². The van der Waals surface area contributed by atoms with Gasteiger partial charge in [0.05, 0.1) is 12.7 Å². The molecule has 26 heavy (non-hydrogen) atoms. The molecule has 0 aliphatic carbocycles. The van der Waals surface area contributed by atoms with E-state index in [9.17, 15) is 4.79 Å². The summed E-state index contributed by atoms with van der Waals surface area (Å²) in [5.74, 6) is 0.161. The molecule has 1 aromatic rings. The first kappa shape index (κ1) is 21.1. The fourth-order valence-electron chi connectivity index (χ4n) is 2.73. The van der Waals surface area contributed by atoms with Crippen molar-refractivity contribution in [2.45, 2.75) is 52.2 Å². The van der Waals surface area contributed by atoms with Crippen LogP contribution in [0.4, 0.5) is 0 Å². The highest BCUT2D eigenvalue weighted by molar-refractivity contribution is 8.15. The third-order valence-electron chi connectivity index (χ3n) is 5.04. The Bertz CT molecular complexity index is 700. The van der Waals surface area contributed by atoms with Crippen molar-refractivity contribution >= 4 is 34.4 Å². The second-order valence-electron chi connectivity index (χ2n) is 7.90. The highest BCUT2D eigenvalue weighted by atomic mass is 35.5. The molecular formula is C20H29ClN2O2S. The Kier molecular flexibility index (Phi) is 6.67. The maximum atomic E-state index is 12.8. The molecular weight excluding hydrogens is 368 g/mol. The molecule has 4 nitrogen and oxygen atoms in total. The van der Waals surface area contributed by atoms with Gasteiger partial charge in [-0.25, -0.2) is 0 Å². The van der Waals surface area contributed by atoms with Crippen LogP contribution in [-0.4, -0.2) is 40.9 Å². The summed E-state index contributed by atoms with van der Waals surface area (Å²) in [5, 5.41) is 1.34. The van der Waals surface area contributed by atoms with Crippen LogP contribution in [0.15, 0.2) is 23.2 Å². The molecule has 1 unspecified atom stereocenters. The topological polar surface area (TPSA) is 41.9 Å². The Morgan fingerprint density at radius 1 is 1.42 bits per heavy atom. The van der Waals surface area contributed by atoms with Crippen LogP contribution < -0.4 is 4.74 Å². The molecule has 2 rings (SSSR count). The van der Waals surface area contributed by atoms with Crippen LogP contribution in [-0.2, 0) is 0 Å². The molecule has 1 fully saturated rings. The maximum Gasteiger partial charge on any atom is 0.283 e. The second-order valence-corrected chi connectivity index (χ2v) is 9.81. The number of carbonyl (C=O) groups is 1.